The van der Waals surface area contributed by atoms with Gasteiger partial charge in [-0.05, 0) is 43.3 Å². The number of hydrogen-bond acceptors (Lipinski definition) is 6. The molecule has 0 aliphatic carbocycles. The largest absolute Gasteiger partial charge is 0.301 e. The Bertz CT molecular complexity index is 1580. The van der Waals surface area contributed by atoms with Gasteiger partial charge in [-0.2, -0.15) is 0 Å². The lowest BCUT2D eigenvalue weighted by atomic mass is 10.1. The summed E-state index contributed by atoms with van der Waals surface area (Å²) in [7, 11) is 0. The minimum atomic E-state index is -0.405. The van der Waals surface area contributed by atoms with Crippen molar-refractivity contribution in [3.63, 3.8) is 0 Å². The molecule has 9 heteroatoms. The molecule has 2 heterocycles. The van der Waals surface area contributed by atoms with Crippen molar-refractivity contribution in [3.05, 3.63) is 99.9 Å². The number of nitrogens with zero attached hydrogens (tertiary/aromatic N) is 3. The van der Waals surface area contributed by atoms with Crippen molar-refractivity contribution in [2.24, 2.45) is 0 Å². The summed E-state index contributed by atoms with van der Waals surface area (Å²) in [5.41, 5.74) is 3.65. The lowest BCUT2D eigenvalue weighted by molar-refractivity contribution is -0.113. The number of rotatable bonds is 6. The van der Waals surface area contributed by atoms with E-state index in [4.69, 9.17) is 0 Å². The molecular weight excluding hydrogens is 483 g/mol. The standard InChI is InChI=1S/C26H19FN4O2S2/c1-16-6-8-17(9-7-16)22-14-34-25(28-22)30-23(32)15-35-26-29-21-5-3-2-4-20(21)24(33)31(26)19-12-10-18(27)11-13-19/h2-14H,15H2,1H3,(H,28,30,32). The molecule has 0 saturated heterocycles. The van der Waals surface area contributed by atoms with Crippen molar-refractivity contribution in [1.82, 2.24) is 14.5 Å². The number of fused-ring (bicyclic) bond motifs is 1. The predicted molar refractivity (Wildman–Crippen MR) is 139 cm³/mol. The Morgan fingerprint density at radius 2 is 1.77 bits per heavy atom. The lowest BCUT2D eigenvalue weighted by Crippen LogP contribution is -2.23. The maximum Gasteiger partial charge on any atom is 0.266 e. The second-order valence-corrected chi connectivity index (χ2v) is 9.57. The highest BCUT2D eigenvalue weighted by atomic mass is 32.2. The Labute approximate surface area is 208 Å². The van der Waals surface area contributed by atoms with Crippen molar-refractivity contribution < 1.29 is 9.18 Å². The first kappa shape index (κ1) is 22.9. The first-order valence-corrected chi connectivity index (χ1v) is 12.6. The average molecular weight is 503 g/mol. The number of halogens is 1. The van der Waals surface area contributed by atoms with Crippen LogP contribution in [0.5, 0.6) is 0 Å². The first-order chi connectivity index (χ1) is 17.0. The van der Waals surface area contributed by atoms with E-state index in [0.717, 1.165) is 28.6 Å². The highest BCUT2D eigenvalue weighted by Crippen LogP contribution is 2.26. The van der Waals surface area contributed by atoms with Crippen LogP contribution in [-0.2, 0) is 4.79 Å². The van der Waals surface area contributed by atoms with Gasteiger partial charge in [0, 0.05) is 10.9 Å². The fraction of sp³-hybridized carbons (Fsp3) is 0.0769. The molecule has 0 aliphatic heterocycles. The fourth-order valence-corrected chi connectivity index (χ4v) is 5.05. The van der Waals surface area contributed by atoms with Gasteiger partial charge < -0.3 is 5.32 Å². The molecule has 5 rings (SSSR count). The number of thioether (sulfide) groups is 1. The molecule has 0 bridgehead atoms. The van der Waals surface area contributed by atoms with Crippen LogP contribution >= 0.6 is 23.1 Å². The topological polar surface area (TPSA) is 76.9 Å². The van der Waals surface area contributed by atoms with Gasteiger partial charge in [0.15, 0.2) is 10.3 Å². The summed E-state index contributed by atoms with van der Waals surface area (Å²) in [6.45, 7) is 2.02. The van der Waals surface area contributed by atoms with Crippen molar-refractivity contribution in [2.75, 3.05) is 11.1 Å². The Morgan fingerprint density at radius 1 is 1.03 bits per heavy atom. The quantitative estimate of drug-likeness (QED) is 0.239. The lowest BCUT2D eigenvalue weighted by Gasteiger charge is -2.13. The molecule has 1 amide bonds. The first-order valence-electron chi connectivity index (χ1n) is 10.7. The van der Waals surface area contributed by atoms with Crippen LogP contribution in [0.1, 0.15) is 5.56 Å². The zero-order valence-corrected chi connectivity index (χ0v) is 20.2. The van der Waals surface area contributed by atoms with E-state index in [2.05, 4.69) is 15.3 Å². The minimum absolute atomic E-state index is 0.0193. The van der Waals surface area contributed by atoms with E-state index in [0.29, 0.717) is 26.9 Å². The van der Waals surface area contributed by atoms with E-state index in [1.807, 2.05) is 36.6 Å². The summed E-state index contributed by atoms with van der Waals surface area (Å²) in [5, 5.41) is 5.99. The van der Waals surface area contributed by atoms with Crippen LogP contribution in [0.3, 0.4) is 0 Å². The monoisotopic (exact) mass is 502 g/mol. The smallest absolute Gasteiger partial charge is 0.266 e. The van der Waals surface area contributed by atoms with Crippen LogP contribution in [-0.4, -0.2) is 26.2 Å². The van der Waals surface area contributed by atoms with Gasteiger partial charge in [-0.3, -0.25) is 14.2 Å². The van der Waals surface area contributed by atoms with Gasteiger partial charge in [0.2, 0.25) is 5.91 Å². The van der Waals surface area contributed by atoms with Crippen molar-refractivity contribution in [3.8, 4) is 16.9 Å². The average Bonchev–Trinajstić information content (AvgIpc) is 3.32. The summed E-state index contributed by atoms with van der Waals surface area (Å²) in [5.74, 6) is -0.656. The highest BCUT2D eigenvalue weighted by molar-refractivity contribution is 7.99. The molecule has 174 valence electrons. The fourth-order valence-electron chi connectivity index (χ4n) is 3.50. The summed E-state index contributed by atoms with van der Waals surface area (Å²) < 4.78 is 14.9. The molecular formula is C26H19FN4O2S2. The molecule has 5 aromatic rings. The van der Waals surface area contributed by atoms with Gasteiger partial charge in [-0.25, -0.2) is 14.4 Å². The third-order valence-corrected chi connectivity index (χ3v) is 6.96. The Hall–Kier alpha value is -3.82. The molecule has 0 aliphatic rings. The Morgan fingerprint density at radius 3 is 2.54 bits per heavy atom. The van der Waals surface area contributed by atoms with E-state index < -0.39 is 5.82 Å². The molecule has 2 aromatic heterocycles. The Balaban J connectivity index is 1.37. The number of carbonyl (C=O) groups excluding carboxylic acids is 1. The second-order valence-electron chi connectivity index (χ2n) is 7.77. The van der Waals surface area contributed by atoms with Crippen LogP contribution in [0.25, 0.3) is 27.8 Å². The number of amides is 1. The summed E-state index contributed by atoms with van der Waals surface area (Å²) in [6, 6.07) is 20.6. The van der Waals surface area contributed by atoms with Crippen LogP contribution < -0.4 is 10.9 Å². The maximum atomic E-state index is 13.5. The number of benzene rings is 3. The number of nitrogens with one attached hydrogen (secondary N) is 1. The van der Waals surface area contributed by atoms with Gasteiger partial charge in [-0.15, -0.1) is 11.3 Å². The summed E-state index contributed by atoms with van der Waals surface area (Å²) >= 11 is 2.48. The Kier molecular flexibility index (Phi) is 6.43. The number of aryl methyl sites for hydroxylation is 1. The predicted octanol–water partition coefficient (Wildman–Crippen LogP) is 5.69. The van der Waals surface area contributed by atoms with Gasteiger partial charge in [0.05, 0.1) is 28.0 Å². The zero-order chi connectivity index (χ0) is 24.4. The molecule has 35 heavy (non-hydrogen) atoms. The van der Waals surface area contributed by atoms with Crippen molar-refractivity contribution >= 4 is 45.0 Å². The summed E-state index contributed by atoms with van der Waals surface area (Å²) in [4.78, 5) is 35.0. The van der Waals surface area contributed by atoms with E-state index >= 15 is 0 Å². The number of thiazole rings is 1. The molecule has 1 N–H and O–H groups in total. The van der Waals surface area contributed by atoms with Crippen LogP contribution in [0, 0.1) is 12.7 Å². The SMILES string of the molecule is Cc1ccc(-c2csc(NC(=O)CSc3nc4ccccc4c(=O)n3-c3ccc(F)cc3)n2)cc1. The molecule has 0 atom stereocenters. The minimum Gasteiger partial charge on any atom is -0.301 e. The van der Waals surface area contributed by atoms with Gasteiger partial charge in [0.25, 0.3) is 5.56 Å². The number of carbonyl (C=O) groups is 1. The molecule has 0 spiro atoms. The van der Waals surface area contributed by atoms with Gasteiger partial charge in [-0.1, -0.05) is 53.7 Å². The van der Waals surface area contributed by atoms with Crippen LogP contribution in [0.4, 0.5) is 9.52 Å². The maximum absolute atomic E-state index is 13.5. The molecule has 0 radical (unpaired) electrons. The van der Waals surface area contributed by atoms with Crippen molar-refractivity contribution in [2.45, 2.75) is 12.1 Å². The van der Waals surface area contributed by atoms with Crippen LogP contribution in [0.2, 0.25) is 0 Å². The van der Waals surface area contributed by atoms with Gasteiger partial charge >= 0.3 is 0 Å². The highest BCUT2D eigenvalue weighted by Gasteiger charge is 2.16. The molecule has 0 unspecified atom stereocenters. The van der Waals surface area contributed by atoms with E-state index in [9.17, 15) is 14.0 Å². The third kappa shape index (κ3) is 5.01. The zero-order valence-electron chi connectivity index (χ0n) is 18.6. The molecule has 3 aromatic carbocycles. The van der Waals surface area contributed by atoms with Crippen molar-refractivity contribution in [1.29, 1.82) is 0 Å². The number of anilines is 1. The third-order valence-electron chi connectivity index (χ3n) is 5.26. The summed E-state index contributed by atoms with van der Waals surface area (Å²) in [6.07, 6.45) is 0. The number of hydrogen-bond donors (Lipinski definition) is 1. The number of aromatic nitrogens is 3. The van der Waals surface area contributed by atoms with Gasteiger partial charge in [0.1, 0.15) is 5.82 Å². The molecule has 0 saturated carbocycles. The van der Waals surface area contributed by atoms with E-state index in [1.165, 1.54) is 40.2 Å². The normalized spacial score (nSPS) is 11.0. The molecule has 0 fully saturated rings. The second kappa shape index (κ2) is 9.81. The number of para-hydroxylation sites is 1. The van der Waals surface area contributed by atoms with Crippen LogP contribution in [0.15, 0.2) is 88.1 Å². The molecule has 6 nitrogen and oxygen atoms in total. The van der Waals surface area contributed by atoms with E-state index in [-0.39, 0.29) is 17.2 Å². The van der Waals surface area contributed by atoms with E-state index in [1.54, 1.807) is 24.3 Å².